The number of hydrogen-bond donors (Lipinski definition) is 2. The van der Waals surface area contributed by atoms with E-state index in [1.165, 1.54) is 5.56 Å². The number of carbonyl (C=O) groups is 1. The maximum atomic E-state index is 11.2. The van der Waals surface area contributed by atoms with E-state index in [-0.39, 0.29) is 11.9 Å². The molecule has 15 heavy (non-hydrogen) atoms. The average Bonchev–Trinajstić information content (AvgIpc) is 3.03. The fourth-order valence-electron chi connectivity index (χ4n) is 1.75. The molecule has 0 bridgehead atoms. The second kappa shape index (κ2) is 4.45. The first-order chi connectivity index (χ1) is 7.27. The molecule has 0 heterocycles. The lowest BCUT2D eigenvalue weighted by Crippen LogP contribution is -2.42. The Labute approximate surface area is 89.7 Å². The molecule has 1 atom stereocenters. The molecule has 1 amide bonds. The quantitative estimate of drug-likeness (QED) is 0.753. The van der Waals surface area contributed by atoms with Crippen molar-refractivity contribution in [3.05, 3.63) is 35.9 Å². The molecule has 1 saturated carbocycles. The average molecular weight is 204 g/mol. The van der Waals surface area contributed by atoms with E-state index in [0.717, 1.165) is 12.8 Å². The highest BCUT2D eigenvalue weighted by molar-refractivity contribution is 5.80. The molecule has 0 aromatic heterocycles. The van der Waals surface area contributed by atoms with Crippen molar-refractivity contribution in [3.63, 3.8) is 0 Å². The molecule has 1 fully saturated rings. The van der Waals surface area contributed by atoms with Gasteiger partial charge in [0, 0.05) is 6.54 Å². The van der Waals surface area contributed by atoms with Crippen molar-refractivity contribution in [2.24, 2.45) is 11.7 Å². The first-order valence-electron chi connectivity index (χ1n) is 5.34. The van der Waals surface area contributed by atoms with E-state index in [4.69, 9.17) is 5.73 Å². The van der Waals surface area contributed by atoms with Gasteiger partial charge in [-0.25, -0.2) is 0 Å². The van der Waals surface area contributed by atoms with Crippen LogP contribution in [0.1, 0.15) is 18.4 Å². The molecule has 3 N–H and O–H groups in total. The van der Waals surface area contributed by atoms with Crippen LogP contribution in [0.15, 0.2) is 30.3 Å². The topological polar surface area (TPSA) is 55.1 Å². The summed E-state index contributed by atoms with van der Waals surface area (Å²) in [6.07, 6.45) is 2.24. The lowest BCUT2D eigenvalue weighted by molar-refractivity contribution is -0.120. The third-order valence-corrected chi connectivity index (χ3v) is 2.77. The van der Waals surface area contributed by atoms with Crippen LogP contribution in [0.4, 0.5) is 0 Å². The van der Waals surface area contributed by atoms with Gasteiger partial charge in [-0.1, -0.05) is 30.3 Å². The Morgan fingerprint density at radius 2 is 2.07 bits per heavy atom. The Hall–Kier alpha value is -1.35. The van der Waals surface area contributed by atoms with Crippen LogP contribution in [-0.2, 0) is 11.3 Å². The summed E-state index contributed by atoms with van der Waals surface area (Å²) in [6, 6.07) is 9.90. The van der Waals surface area contributed by atoms with E-state index in [0.29, 0.717) is 12.5 Å². The van der Waals surface area contributed by atoms with Crippen molar-refractivity contribution in [3.8, 4) is 0 Å². The van der Waals surface area contributed by atoms with Crippen LogP contribution < -0.4 is 11.1 Å². The zero-order valence-electron chi connectivity index (χ0n) is 8.65. The molecule has 1 unspecified atom stereocenters. The summed E-state index contributed by atoms with van der Waals surface area (Å²) in [6.45, 7) is 0.713. The van der Waals surface area contributed by atoms with Gasteiger partial charge < -0.3 is 11.1 Å². The van der Waals surface area contributed by atoms with Crippen LogP contribution in [0.5, 0.6) is 0 Å². The Morgan fingerprint density at radius 1 is 1.40 bits per heavy atom. The summed E-state index contributed by atoms with van der Waals surface area (Å²) < 4.78 is 0. The van der Waals surface area contributed by atoms with Crippen LogP contribution in [0.25, 0.3) is 0 Å². The second-order valence-electron chi connectivity index (χ2n) is 4.08. The standard InChI is InChI=1S/C12H16N2O/c13-12(15)11(10-6-7-10)14-8-9-4-2-1-3-5-9/h1-5,10-11,14H,6-8H2,(H2,13,15). The Bertz CT molecular complexity index is 333. The van der Waals surface area contributed by atoms with E-state index >= 15 is 0 Å². The molecule has 2 rings (SSSR count). The molecule has 0 spiro atoms. The summed E-state index contributed by atoms with van der Waals surface area (Å²) in [4.78, 5) is 11.2. The third kappa shape index (κ3) is 2.80. The van der Waals surface area contributed by atoms with Crippen LogP contribution >= 0.6 is 0 Å². The SMILES string of the molecule is NC(=O)C(NCc1ccccc1)C1CC1. The predicted molar refractivity (Wildman–Crippen MR) is 59.0 cm³/mol. The predicted octanol–water partition coefficient (Wildman–Crippen LogP) is 1.04. The van der Waals surface area contributed by atoms with Crippen LogP contribution in [0.2, 0.25) is 0 Å². The zero-order valence-corrected chi connectivity index (χ0v) is 8.65. The van der Waals surface area contributed by atoms with Crippen molar-refractivity contribution < 1.29 is 4.79 Å². The van der Waals surface area contributed by atoms with Gasteiger partial charge in [0.2, 0.25) is 5.91 Å². The van der Waals surface area contributed by atoms with Crippen LogP contribution in [-0.4, -0.2) is 11.9 Å². The molecular formula is C12H16N2O. The van der Waals surface area contributed by atoms with Crippen LogP contribution in [0.3, 0.4) is 0 Å². The van der Waals surface area contributed by atoms with Gasteiger partial charge in [0.15, 0.2) is 0 Å². The molecule has 3 nitrogen and oxygen atoms in total. The molecule has 1 aliphatic rings. The molecule has 0 saturated heterocycles. The number of carbonyl (C=O) groups excluding carboxylic acids is 1. The molecule has 1 aliphatic carbocycles. The monoisotopic (exact) mass is 204 g/mol. The summed E-state index contributed by atoms with van der Waals surface area (Å²) in [5.74, 6) is 0.236. The van der Waals surface area contributed by atoms with E-state index in [1.54, 1.807) is 0 Å². The maximum absolute atomic E-state index is 11.2. The van der Waals surface area contributed by atoms with Crippen molar-refractivity contribution in [2.75, 3.05) is 0 Å². The number of nitrogens with one attached hydrogen (secondary N) is 1. The highest BCUT2D eigenvalue weighted by Gasteiger charge is 2.34. The Balaban J connectivity index is 1.88. The molecule has 1 aromatic carbocycles. The van der Waals surface area contributed by atoms with Gasteiger partial charge in [-0.3, -0.25) is 4.79 Å². The van der Waals surface area contributed by atoms with Gasteiger partial charge in [-0.2, -0.15) is 0 Å². The van der Waals surface area contributed by atoms with Gasteiger partial charge in [0.05, 0.1) is 6.04 Å². The van der Waals surface area contributed by atoms with Crippen molar-refractivity contribution in [1.29, 1.82) is 0 Å². The fraction of sp³-hybridized carbons (Fsp3) is 0.417. The molecule has 0 aliphatic heterocycles. The van der Waals surface area contributed by atoms with E-state index in [1.807, 2.05) is 30.3 Å². The Morgan fingerprint density at radius 3 is 2.60 bits per heavy atom. The van der Waals surface area contributed by atoms with Crippen molar-refractivity contribution in [2.45, 2.75) is 25.4 Å². The summed E-state index contributed by atoms with van der Waals surface area (Å²) in [5, 5.41) is 3.22. The smallest absolute Gasteiger partial charge is 0.234 e. The summed E-state index contributed by atoms with van der Waals surface area (Å²) in [5.41, 5.74) is 6.52. The Kier molecular flexibility index (Phi) is 3.02. The highest BCUT2D eigenvalue weighted by atomic mass is 16.1. The van der Waals surface area contributed by atoms with Gasteiger partial charge in [-0.05, 0) is 24.3 Å². The molecule has 1 aromatic rings. The minimum absolute atomic E-state index is 0.148. The van der Waals surface area contributed by atoms with Crippen molar-refractivity contribution in [1.82, 2.24) is 5.32 Å². The second-order valence-corrected chi connectivity index (χ2v) is 4.08. The first-order valence-corrected chi connectivity index (χ1v) is 5.34. The van der Waals surface area contributed by atoms with Crippen LogP contribution in [0, 0.1) is 5.92 Å². The minimum atomic E-state index is -0.228. The van der Waals surface area contributed by atoms with Gasteiger partial charge >= 0.3 is 0 Å². The number of nitrogens with two attached hydrogens (primary N) is 1. The third-order valence-electron chi connectivity index (χ3n) is 2.77. The first kappa shape index (κ1) is 10.2. The van der Waals surface area contributed by atoms with Gasteiger partial charge in [0.25, 0.3) is 0 Å². The zero-order chi connectivity index (χ0) is 10.7. The molecule has 3 heteroatoms. The van der Waals surface area contributed by atoms with Gasteiger partial charge in [-0.15, -0.1) is 0 Å². The summed E-state index contributed by atoms with van der Waals surface area (Å²) in [7, 11) is 0. The van der Waals surface area contributed by atoms with E-state index < -0.39 is 0 Å². The number of amides is 1. The summed E-state index contributed by atoms with van der Waals surface area (Å²) >= 11 is 0. The lowest BCUT2D eigenvalue weighted by Gasteiger charge is -2.14. The number of rotatable bonds is 5. The molecular weight excluding hydrogens is 188 g/mol. The van der Waals surface area contributed by atoms with E-state index in [9.17, 15) is 4.79 Å². The molecule has 0 radical (unpaired) electrons. The van der Waals surface area contributed by atoms with E-state index in [2.05, 4.69) is 5.32 Å². The maximum Gasteiger partial charge on any atom is 0.234 e. The largest absolute Gasteiger partial charge is 0.368 e. The molecule has 80 valence electrons. The highest BCUT2D eigenvalue weighted by Crippen LogP contribution is 2.32. The number of hydrogen-bond acceptors (Lipinski definition) is 2. The van der Waals surface area contributed by atoms with Crippen molar-refractivity contribution >= 4 is 5.91 Å². The van der Waals surface area contributed by atoms with Gasteiger partial charge in [0.1, 0.15) is 0 Å². The lowest BCUT2D eigenvalue weighted by atomic mass is 10.1. The number of benzene rings is 1. The normalized spacial score (nSPS) is 17.3. The minimum Gasteiger partial charge on any atom is -0.368 e. The fourth-order valence-corrected chi connectivity index (χ4v) is 1.75. The number of primary amides is 1.